The molecule has 1 N–H and O–H groups in total. The van der Waals surface area contributed by atoms with Gasteiger partial charge in [0.1, 0.15) is 0 Å². The molecule has 1 rings (SSSR count). The summed E-state index contributed by atoms with van der Waals surface area (Å²) in [6.07, 6.45) is 2.52. The Morgan fingerprint density at radius 2 is 2.42 bits per heavy atom. The molecule has 1 saturated heterocycles. The van der Waals surface area contributed by atoms with E-state index in [9.17, 15) is 0 Å². The van der Waals surface area contributed by atoms with Crippen molar-refractivity contribution in [3.8, 4) is 0 Å². The van der Waals surface area contributed by atoms with Gasteiger partial charge in [-0.15, -0.1) is 0 Å². The Bertz CT molecular complexity index is 122. The van der Waals surface area contributed by atoms with Crippen LogP contribution in [0.3, 0.4) is 0 Å². The zero-order chi connectivity index (χ0) is 8.97. The summed E-state index contributed by atoms with van der Waals surface area (Å²) in [6.45, 7) is 4.41. The summed E-state index contributed by atoms with van der Waals surface area (Å²) in [7, 11) is 2.02. The van der Waals surface area contributed by atoms with Crippen LogP contribution in [0.2, 0.25) is 0 Å². The van der Waals surface area contributed by atoms with Gasteiger partial charge in [0.2, 0.25) is 0 Å². The molecule has 0 aliphatic carbocycles. The normalized spacial score (nSPS) is 26.5. The van der Waals surface area contributed by atoms with Crippen LogP contribution in [-0.2, 0) is 4.74 Å². The molecule has 1 aliphatic rings. The molecule has 0 aromatic carbocycles. The van der Waals surface area contributed by atoms with E-state index < -0.39 is 0 Å². The van der Waals surface area contributed by atoms with Crippen LogP contribution in [0.25, 0.3) is 0 Å². The van der Waals surface area contributed by atoms with Gasteiger partial charge in [-0.25, -0.2) is 0 Å². The number of hydrogen-bond acceptors (Lipinski definition) is 3. The van der Waals surface area contributed by atoms with Crippen molar-refractivity contribution in [3.63, 3.8) is 0 Å². The standard InChI is InChI=1S/C9H19NO2/c1-8(11)6-10(2)7-9-4-3-5-12-9/h8-9,11H,3-7H2,1-2H3/t8-,9?/m1/s1. The summed E-state index contributed by atoms with van der Waals surface area (Å²) in [6, 6.07) is 0. The van der Waals surface area contributed by atoms with Crippen LogP contribution in [-0.4, -0.2) is 49.0 Å². The van der Waals surface area contributed by atoms with Crippen LogP contribution >= 0.6 is 0 Å². The minimum absolute atomic E-state index is 0.239. The molecule has 0 amide bonds. The Morgan fingerprint density at radius 3 is 2.92 bits per heavy atom. The van der Waals surface area contributed by atoms with E-state index in [0.29, 0.717) is 6.10 Å². The number of aliphatic hydroxyl groups excluding tert-OH is 1. The lowest BCUT2D eigenvalue weighted by molar-refractivity contribution is 0.0642. The quantitative estimate of drug-likeness (QED) is 0.671. The van der Waals surface area contributed by atoms with E-state index in [1.54, 1.807) is 0 Å². The van der Waals surface area contributed by atoms with Crippen LogP contribution in [0, 0.1) is 0 Å². The number of hydrogen-bond donors (Lipinski definition) is 1. The lowest BCUT2D eigenvalue weighted by Gasteiger charge is -2.21. The van der Waals surface area contributed by atoms with Gasteiger partial charge in [-0.1, -0.05) is 0 Å². The molecule has 0 aromatic heterocycles. The summed E-state index contributed by atoms with van der Waals surface area (Å²) in [5.41, 5.74) is 0. The van der Waals surface area contributed by atoms with Crippen molar-refractivity contribution in [1.29, 1.82) is 0 Å². The fraction of sp³-hybridized carbons (Fsp3) is 1.00. The first-order valence-electron chi connectivity index (χ1n) is 4.66. The molecule has 3 heteroatoms. The van der Waals surface area contributed by atoms with Crippen molar-refractivity contribution in [1.82, 2.24) is 4.90 Å². The molecule has 0 spiro atoms. The SMILES string of the molecule is C[C@@H](O)CN(C)CC1CCCO1. The van der Waals surface area contributed by atoms with Crippen molar-refractivity contribution in [2.75, 3.05) is 26.7 Å². The number of rotatable bonds is 4. The Hall–Kier alpha value is -0.120. The second-order valence-corrected chi connectivity index (χ2v) is 3.71. The van der Waals surface area contributed by atoms with Gasteiger partial charge in [-0.3, -0.25) is 0 Å². The van der Waals surface area contributed by atoms with Gasteiger partial charge in [0, 0.05) is 19.7 Å². The lowest BCUT2D eigenvalue weighted by Crippen LogP contribution is -2.33. The maximum atomic E-state index is 9.11. The minimum Gasteiger partial charge on any atom is -0.392 e. The first-order valence-corrected chi connectivity index (χ1v) is 4.66. The molecule has 1 heterocycles. The zero-order valence-corrected chi connectivity index (χ0v) is 7.99. The largest absolute Gasteiger partial charge is 0.392 e. The van der Waals surface area contributed by atoms with E-state index >= 15 is 0 Å². The van der Waals surface area contributed by atoms with Gasteiger partial charge < -0.3 is 14.7 Å². The van der Waals surface area contributed by atoms with Gasteiger partial charge >= 0.3 is 0 Å². The molecular weight excluding hydrogens is 154 g/mol. The topological polar surface area (TPSA) is 32.7 Å². The lowest BCUT2D eigenvalue weighted by atomic mass is 10.2. The van der Waals surface area contributed by atoms with Gasteiger partial charge in [0.15, 0.2) is 0 Å². The third-order valence-corrected chi connectivity index (χ3v) is 2.12. The van der Waals surface area contributed by atoms with Gasteiger partial charge in [-0.2, -0.15) is 0 Å². The fourth-order valence-corrected chi connectivity index (χ4v) is 1.66. The molecule has 2 atom stereocenters. The van der Waals surface area contributed by atoms with E-state index in [1.807, 2.05) is 14.0 Å². The van der Waals surface area contributed by atoms with Gasteiger partial charge in [-0.05, 0) is 26.8 Å². The molecule has 0 radical (unpaired) electrons. The number of ether oxygens (including phenoxy) is 1. The van der Waals surface area contributed by atoms with Crippen molar-refractivity contribution >= 4 is 0 Å². The van der Waals surface area contributed by atoms with E-state index in [0.717, 1.165) is 19.7 Å². The summed E-state index contributed by atoms with van der Waals surface area (Å²) in [5, 5.41) is 9.11. The number of nitrogens with zero attached hydrogens (tertiary/aromatic N) is 1. The van der Waals surface area contributed by atoms with E-state index in [2.05, 4.69) is 4.90 Å². The van der Waals surface area contributed by atoms with Crippen molar-refractivity contribution < 1.29 is 9.84 Å². The molecule has 1 unspecified atom stereocenters. The van der Waals surface area contributed by atoms with Crippen LogP contribution in [0.1, 0.15) is 19.8 Å². The first-order chi connectivity index (χ1) is 5.68. The Labute approximate surface area is 74.3 Å². The summed E-state index contributed by atoms with van der Waals surface area (Å²) in [4.78, 5) is 2.13. The zero-order valence-electron chi connectivity index (χ0n) is 7.99. The highest BCUT2D eigenvalue weighted by molar-refractivity contribution is 4.69. The smallest absolute Gasteiger partial charge is 0.0702 e. The Morgan fingerprint density at radius 1 is 1.67 bits per heavy atom. The van der Waals surface area contributed by atoms with E-state index in [4.69, 9.17) is 9.84 Å². The molecule has 12 heavy (non-hydrogen) atoms. The summed E-state index contributed by atoms with van der Waals surface area (Å²) >= 11 is 0. The fourth-order valence-electron chi connectivity index (χ4n) is 1.66. The maximum absolute atomic E-state index is 9.11. The summed E-state index contributed by atoms with van der Waals surface area (Å²) < 4.78 is 5.48. The van der Waals surface area contributed by atoms with Gasteiger partial charge in [0.05, 0.1) is 12.2 Å². The average molecular weight is 173 g/mol. The monoisotopic (exact) mass is 173 g/mol. The molecule has 0 saturated carbocycles. The molecule has 72 valence electrons. The predicted octanol–water partition coefficient (Wildman–Crippen LogP) is 0.478. The van der Waals surface area contributed by atoms with E-state index in [-0.39, 0.29) is 6.10 Å². The molecule has 1 fully saturated rings. The number of aliphatic hydroxyl groups is 1. The van der Waals surface area contributed by atoms with Crippen molar-refractivity contribution in [2.45, 2.75) is 32.0 Å². The Balaban J connectivity index is 2.11. The van der Waals surface area contributed by atoms with Crippen LogP contribution in [0.15, 0.2) is 0 Å². The maximum Gasteiger partial charge on any atom is 0.0702 e. The van der Waals surface area contributed by atoms with Crippen LogP contribution in [0.4, 0.5) is 0 Å². The van der Waals surface area contributed by atoms with Crippen molar-refractivity contribution in [2.24, 2.45) is 0 Å². The minimum atomic E-state index is -0.239. The third-order valence-electron chi connectivity index (χ3n) is 2.12. The third kappa shape index (κ3) is 3.52. The van der Waals surface area contributed by atoms with Gasteiger partial charge in [0.25, 0.3) is 0 Å². The highest BCUT2D eigenvalue weighted by Crippen LogP contribution is 2.12. The van der Waals surface area contributed by atoms with Crippen LogP contribution < -0.4 is 0 Å². The number of likely N-dealkylation sites (N-methyl/N-ethyl adjacent to an activating group) is 1. The molecular formula is C9H19NO2. The second kappa shape index (κ2) is 4.80. The Kier molecular flexibility index (Phi) is 3.98. The highest BCUT2D eigenvalue weighted by atomic mass is 16.5. The average Bonchev–Trinajstić information content (AvgIpc) is 2.37. The summed E-state index contributed by atoms with van der Waals surface area (Å²) in [5.74, 6) is 0. The predicted molar refractivity (Wildman–Crippen MR) is 48.2 cm³/mol. The molecule has 0 aromatic rings. The second-order valence-electron chi connectivity index (χ2n) is 3.71. The molecule has 1 aliphatic heterocycles. The van der Waals surface area contributed by atoms with Crippen LogP contribution in [0.5, 0.6) is 0 Å². The molecule has 3 nitrogen and oxygen atoms in total. The first kappa shape index (κ1) is 9.96. The van der Waals surface area contributed by atoms with E-state index in [1.165, 1.54) is 12.8 Å². The molecule has 0 bridgehead atoms. The highest BCUT2D eigenvalue weighted by Gasteiger charge is 2.17. The van der Waals surface area contributed by atoms with Crippen molar-refractivity contribution in [3.05, 3.63) is 0 Å².